The maximum Gasteiger partial charge on any atom is 0.252 e. The third-order valence-electron chi connectivity index (χ3n) is 4.64. The SMILES string of the molecule is CC(C)N(C(=O)C(C#N)C(=O)CCc1ccccc1)c1ccc2[nH]c(=S)sc2c1. The summed E-state index contributed by atoms with van der Waals surface area (Å²) in [5.41, 5.74) is 2.55. The Kier molecular flexibility index (Phi) is 6.57. The molecule has 3 rings (SSSR count). The van der Waals surface area contributed by atoms with Crippen molar-refractivity contribution in [1.82, 2.24) is 4.98 Å². The highest BCUT2D eigenvalue weighted by atomic mass is 32.1. The zero-order valence-electron chi connectivity index (χ0n) is 16.2. The van der Waals surface area contributed by atoms with Gasteiger partial charge < -0.3 is 9.88 Å². The van der Waals surface area contributed by atoms with E-state index in [0.29, 0.717) is 16.1 Å². The van der Waals surface area contributed by atoms with Crippen molar-refractivity contribution in [3.8, 4) is 6.07 Å². The fourth-order valence-corrected chi connectivity index (χ4v) is 4.37. The highest BCUT2D eigenvalue weighted by molar-refractivity contribution is 7.73. The number of aromatic amines is 1. The number of aromatic nitrogens is 1. The van der Waals surface area contributed by atoms with E-state index < -0.39 is 11.8 Å². The van der Waals surface area contributed by atoms with Gasteiger partial charge in [0.2, 0.25) is 0 Å². The number of nitriles is 1. The van der Waals surface area contributed by atoms with Gasteiger partial charge in [0, 0.05) is 18.2 Å². The number of benzene rings is 2. The van der Waals surface area contributed by atoms with E-state index in [0.717, 1.165) is 15.8 Å². The number of thiazole rings is 1. The number of nitrogens with one attached hydrogen (secondary N) is 1. The normalized spacial score (nSPS) is 11.9. The van der Waals surface area contributed by atoms with Gasteiger partial charge in [0.05, 0.1) is 16.3 Å². The summed E-state index contributed by atoms with van der Waals surface area (Å²) < 4.78 is 1.58. The van der Waals surface area contributed by atoms with Gasteiger partial charge in [-0.15, -0.1) is 11.3 Å². The predicted octanol–water partition coefficient (Wildman–Crippen LogP) is 5.04. The molecule has 0 saturated carbocycles. The first-order valence-corrected chi connectivity index (χ1v) is 10.6. The number of ketones is 1. The van der Waals surface area contributed by atoms with Gasteiger partial charge in [-0.1, -0.05) is 30.3 Å². The van der Waals surface area contributed by atoms with Crippen molar-refractivity contribution in [3.05, 3.63) is 58.0 Å². The molecule has 0 fully saturated rings. The van der Waals surface area contributed by atoms with Crippen molar-refractivity contribution >= 4 is 51.1 Å². The van der Waals surface area contributed by atoms with E-state index >= 15 is 0 Å². The van der Waals surface area contributed by atoms with Crippen LogP contribution in [-0.2, 0) is 16.0 Å². The minimum atomic E-state index is -1.32. The summed E-state index contributed by atoms with van der Waals surface area (Å²) in [6.07, 6.45) is 0.656. The molecule has 0 aliphatic rings. The average Bonchev–Trinajstić information content (AvgIpc) is 3.07. The third kappa shape index (κ3) is 4.78. The Labute approximate surface area is 178 Å². The lowest BCUT2D eigenvalue weighted by Gasteiger charge is -2.28. The molecule has 2 aromatic carbocycles. The van der Waals surface area contributed by atoms with Crippen molar-refractivity contribution in [2.45, 2.75) is 32.7 Å². The summed E-state index contributed by atoms with van der Waals surface area (Å²) in [6.45, 7) is 3.73. The minimum Gasteiger partial charge on any atom is -0.337 e. The number of hydrogen-bond acceptors (Lipinski definition) is 5. The number of nitrogens with zero attached hydrogens (tertiary/aromatic N) is 2. The molecule has 1 unspecified atom stereocenters. The molecule has 5 nitrogen and oxygen atoms in total. The lowest BCUT2D eigenvalue weighted by Crippen LogP contribution is -2.43. The van der Waals surface area contributed by atoms with Crippen molar-refractivity contribution in [3.63, 3.8) is 0 Å². The van der Waals surface area contributed by atoms with E-state index in [1.54, 1.807) is 6.07 Å². The van der Waals surface area contributed by atoms with Crippen molar-refractivity contribution in [2.75, 3.05) is 4.90 Å². The van der Waals surface area contributed by atoms with E-state index in [1.807, 2.05) is 62.4 Å². The molecule has 1 atom stereocenters. The van der Waals surface area contributed by atoms with Crippen LogP contribution in [0, 0.1) is 21.2 Å². The molecule has 148 valence electrons. The lowest BCUT2D eigenvalue weighted by atomic mass is 9.97. The first kappa shape index (κ1) is 20.9. The molecule has 3 aromatic rings. The number of rotatable bonds is 7. The molecule has 0 radical (unpaired) electrons. The fraction of sp³-hybridized carbons (Fsp3) is 0.273. The quantitative estimate of drug-likeness (QED) is 0.426. The van der Waals surface area contributed by atoms with Crippen LogP contribution >= 0.6 is 23.6 Å². The van der Waals surface area contributed by atoms with Crippen LogP contribution in [-0.4, -0.2) is 22.7 Å². The van der Waals surface area contributed by atoms with Crippen LogP contribution in [0.3, 0.4) is 0 Å². The van der Waals surface area contributed by atoms with Gasteiger partial charge in [0.1, 0.15) is 0 Å². The molecule has 0 bridgehead atoms. The predicted molar refractivity (Wildman–Crippen MR) is 119 cm³/mol. The summed E-state index contributed by atoms with van der Waals surface area (Å²) in [4.78, 5) is 30.5. The average molecular weight is 424 g/mol. The second kappa shape index (κ2) is 9.12. The van der Waals surface area contributed by atoms with Crippen LogP contribution < -0.4 is 4.90 Å². The Morgan fingerprint density at radius 2 is 1.93 bits per heavy atom. The molecule has 1 heterocycles. The second-order valence-electron chi connectivity index (χ2n) is 7.01. The summed E-state index contributed by atoms with van der Waals surface area (Å²) >= 11 is 6.61. The Bertz CT molecular complexity index is 1130. The first-order chi connectivity index (χ1) is 13.9. The zero-order chi connectivity index (χ0) is 21.0. The largest absolute Gasteiger partial charge is 0.337 e. The zero-order valence-corrected chi connectivity index (χ0v) is 17.8. The van der Waals surface area contributed by atoms with Gasteiger partial charge >= 0.3 is 0 Å². The molecular formula is C22H21N3O2S2. The topological polar surface area (TPSA) is 77.0 Å². The molecule has 7 heteroatoms. The van der Waals surface area contributed by atoms with Crippen LogP contribution in [0.5, 0.6) is 0 Å². The summed E-state index contributed by atoms with van der Waals surface area (Å²) in [5.74, 6) is -2.16. The molecular weight excluding hydrogens is 402 g/mol. The Morgan fingerprint density at radius 1 is 1.21 bits per heavy atom. The maximum atomic E-state index is 13.2. The number of fused-ring (bicyclic) bond motifs is 1. The first-order valence-electron chi connectivity index (χ1n) is 9.33. The van der Waals surface area contributed by atoms with Gasteiger partial charge in [-0.05, 0) is 56.2 Å². The number of hydrogen-bond donors (Lipinski definition) is 1. The molecule has 0 aliphatic carbocycles. The maximum absolute atomic E-state index is 13.2. The molecule has 0 aliphatic heterocycles. The van der Waals surface area contributed by atoms with Gasteiger partial charge in [-0.2, -0.15) is 5.26 Å². The molecule has 1 aromatic heterocycles. The third-order valence-corrected chi connectivity index (χ3v) is 5.83. The van der Waals surface area contributed by atoms with Gasteiger partial charge in [0.25, 0.3) is 5.91 Å². The number of amides is 1. The number of H-pyrrole nitrogens is 1. The highest BCUT2D eigenvalue weighted by Crippen LogP contribution is 2.28. The highest BCUT2D eigenvalue weighted by Gasteiger charge is 2.32. The molecule has 1 amide bonds. The van der Waals surface area contributed by atoms with Crippen molar-refractivity contribution in [1.29, 1.82) is 5.26 Å². The van der Waals surface area contributed by atoms with E-state index in [-0.39, 0.29) is 18.2 Å². The van der Waals surface area contributed by atoms with Gasteiger partial charge in [0.15, 0.2) is 15.7 Å². The van der Waals surface area contributed by atoms with E-state index in [2.05, 4.69) is 4.98 Å². The minimum absolute atomic E-state index is 0.151. The molecule has 0 saturated heterocycles. The van der Waals surface area contributed by atoms with Gasteiger partial charge in [-0.3, -0.25) is 9.59 Å². The summed E-state index contributed by atoms with van der Waals surface area (Å²) in [5, 5.41) is 9.58. The van der Waals surface area contributed by atoms with Crippen LogP contribution in [0.25, 0.3) is 10.2 Å². The number of aryl methyl sites for hydroxylation is 1. The Morgan fingerprint density at radius 3 is 2.59 bits per heavy atom. The number of anilines is 1. The smallest absolute Gasteiger partial charge is 0.252 e. The van der Waals surface area contributed by atoms with Crippen molar-refractivity contribution < 1.29 is 9.59 Å². The summed E-state index contributed by atoms with van der Waals surface area (Å²) in [6, 6.07) is 16.8. The van der Waals surface area contributed by atoms with E-state index in [4.69, 9.17) is 12.2 Å². The Hall–Kier alpha value is -2.82. The van der Waals surface area contributed by atoms with E-state index in [1.165, 1.54) is 16.2 Å². The Balaban J connectivity index is 1.82. The standard InChI is InChI=1S/C22H21N3O2S2/c1-14(2)25(16-9-10-18-20(12-16)29-22(28)24-18)21(27)17(13-23)19(26)11-8-15-6-4-3-5-7-15/h3-7,9-10,12,14,17H,8,11H2,1-2H3,(H,24,28). The van der Waals surface area contributed by atoms with Crippen LogP contribution in [0.4, 0.5) is 5.69 Å². The van der Waals surface area contributed by atoms with Gasteiger partial charge in [-0.25, -0.2) is 0 Å². The number of carbonyl (C=O) groups is 2. The second-order valence-corrected chi connectivity index (χ2v) is 8.73. The molecule has 0 spiro atoms. The fourth-order valence-electron chi connectivity index (χ4n) is 3.22. The number of carbonyl (C=O) groups excluding carboxylic acids is 2. The van der Waals surface area contributed by atoms with Crippen molar-refractivity contribution in [2.24, 2.45) is 5.92 Å². The number of Topliss-reactive ketones (excluding diaryl/α,β-unsaturated/α-hetero) is 1. The van der Waals surface area contributed by atoms with Crippen LogP contribution in [0.2, 0.25) is 0 Å². The van der Waals surface area contributed by atoms with E-state index in [9.17, 15) is 14.9 Å². The molecule has 1 N–H and O–H groups in total. The monoisotopic (exact) mass is 423 g/mol. The van der Waals surface area contributed by atoms with Crippen LogP contribution in [0.1, 0.15) is 25.8 Å². The summed E-state index contributed by atoms with van der Waals surface area (Å²) in [7, 11) is 0. The lowest BCUT2D eigenvalue weighted by molar-refractivity contribution is -0.130. The molecule has 29 heavy (non-hydrogen) atoms. The van der Waals surface area contributed by atoms with Crippen LogP contribution in [0.15, 0.2) is 48.5 Å².